The Morgan fingerprint density at radius 2 is 1.84 bits per heavy atom. The van der Waals surface area contributed by atoms with Crippen LogP contribution in [0.2, 0.25) is 0 Å². The van der Waals surface area contributed by atoms with E-state index in [1.807, 2.05) is 53.4 Å². The predicted molar refractivity (Wildman–Crippen MR) is 118 cm³/mol. The van der Waals surface area contributed by atoms with Crippen molar-refractivity contribution in [1.82, 2.24) is 15.8 Å². The SMILES string of the molecule is C[C@H]1CCc2ccccc2N1CC(=O)NN1C(=O)N[C@@](C)(CCc2ccccc2)C1=O. The van der Waals surface area contributed by atoms with Crippen molar-refractivity contribution in [2.45, 2.75) is 51.1 Å². The van der Waals surface area contributed by atoms with Crippen LogP contribution in [-0.4, -0.2) is 41.0 Å². The molecule has 0 aromatic heterocycles. The monoisotopic (exact) mass is 420 g/mol. The number of amides is 4. The Kier molecular flexibility index (Phi) is 5.67. The standard InChI is InChI=1S/C24H28N4O3/c1-17-12-13-19-10-6-7-11-20(19)27(17)16-21(29)26-28-22(30)24(2,25-23(28)31)15-14-18-8-4-3-5-9-18/h3-11,17H,12-16H2,1-2H3,(H,25,31)(H,26,29)/t17-,24-/m0/s1. The number of carbonyl (C=O) groups excluding carboxylic acids is 3. The lowest BCUT2D eigenvalue weighted by Gasteiger charge is -2.36. The summed E-state index contributed by atoms with van der Waals surface area (Å²) in [6.45, 7) is 3.86. The number of benzene rings is 2. The van der Waals surface area contributed by atoms with E-state index in [9.17, 15) is 14.4 Å². The molecule has 0 spiro atoms. The second kappa shape index (κ2) is 8.41. The van der Waals surface area contributed by atoms with Crippen molar-refractivity contribution in [3.8, 4) is 0 Å². The Morgan fingerprint density at radius 1 is 1.13 bits per heavy atom. The first-order chi connectivity index (χ1) is 14.9. The minimum atomic E-state index is -1.05. The number of imide groups is 1. The molecule has 2 aliphatic rings. The Hall–Kier alpha value is -3.35. The van der Waals surface area contributed by atoms with E-state index in [0.29, 0.717) is 12.8 Å². The first-order valence-electron chi connectivity index (χ1n) is 10.7. The van der Waals surface area contributed by atoms with E-state index in [1.165, 1.54) is 5.56 Å². The highest BCUT2D eigenvalue weighted by molar-refractivity contribution is 6.07. The zero-order chi connectivity index (χ0) is 22.0. The van der Waals surface area contributed by atoms with E-state index in [1.54, 1.807) is 6.92 Å². The number of hydrogen-bond donors (Lipinski definition) is 2. The van der Waals surface area contributed by atoms with Gasteiger partial charge in [0.1, 0.15) is 5.54 Å². The van der Waals surface area contributed by atoms with Crippen molar-refractivity contribution < 1.29 is 14.4 Å². The lowest BCUT2D eigenvalue weighted by molar-refractivity contribution is -0.138. The van der Waals surface area contributed by atoms with Crippen molar-refractivity contribution in [1.29, 1.82) is 0 Å². The minimum absolute atomic E-state index is 0.0793. The molecule has 2 aromatic carbocycles. The number of rotatable bonds is 6. The van der Waals surface area contributed by atoms with E-state index in [-0.39, 0.29) is 18.5 Å². The Labute approximate surface area is 182 Å². The fourth-order valence-corrected chi connectivity index (χ4v) is 4.31. The maximum atomic E-state index is 13.0. The van der Waals surface area contributed by atoms with Crippen LogP contribution in [0.5, 0.6) is 0 Å². The molecule has 1 saturated heterocycles. The fourth-order valence-electron chi connectivity index (χ4n) is 4.31. The van der Waals surface area contributed by atoms with Crippen LogP contribution in [0, 0.1) is 0 Å². The van der Waals surface area contributed by atoms with Gasteiger partial charge in [0.2, 0.25) is 0 Å². The number of hydrogen-bond acceptors (Lipinski definition) is 4. The Morgan fingerprint density at radius 3 is 2.61 bits per heavy atom. The number of hydrazine groups is 1. The second-order valence-corrected chi connectivity index (χ2v) is 8.57. The van der Waals surface area contributed by atoms with Crippen LogP contribution in [0.3, 0.4) is 0 Å². The number of anilines is 1. The third kappa shape index (κ3) is 4.26. The van der Waals surface area contributed by atoms with Gasteiger partial charge >= 0.3 is 6.03 Å². The van der Waals surface area contributed by atoms with E-state index in [4.69, 9.17) is 0 Å². The molecular weight excluding hydrogens is 392 g/mol. The zero-order valence-corrected chi connectivity index (χ0v) is 17.9. The number of aryl methyl sites for hydroxylation is 2. The molecule has 2 atom stereocenters. The van der Waals surface area contributed by atoms with Crippen LogP contribution in [0.4, 0.5) is 10.5 Å². The summed E-state index contributed by atoms with van der Waals surface area (Å²) in [6.07, 6.45) is 3.02. The van der Waals surface area contributed by atoms with Crippen LogP contribution in [0.25, 0.3) is 0 Å². The van der Waals surface area contributed by atoms with Gasteiger partial charge in [0, 0.05) is 11.7 Å². The summed E-state index contributed by atoms with van der Waals surface area (Å²) in [5.74, 6) is -0.826. The van der Waals surface area contributed by atoms with Crippen LogP contribution < -0.4 is 15.6 Å². The zero-order valence-electron chi connectivity index (χ0n) is 17.9. The van der Waals surface area contributed by atoms with Gasteiger partial charge < -0.3 is 10.2 Å². The van der Waals surface area contributed by atoms with Crippen LogP contribution in [-0.2, 0) is 22.4 Å². The number of nitrogens with one attached hydrogen (secondary N) is 2. The molecule has 0 aliphatic carbocycles. The van der Waals surface area contributed by atoms with Gasteiger partial charge in [-0.15, -0.1) is 0 Å². The summed E-state index contributed by atoms with van der Waals surface area (Å²) in [5, 5.41) is 3.57. The number of urea groups is 1. The molecule has 162 valence electrons. The van der Waals surface area contributed by atoms with Gasteiger partial charge in [-0.25, -0.2) is 4.79 Å². The molecule has 1 fully saturated rings. The first-order valence-corrected chi connectivity index (χ1v) is 10.7. The van der Waals surface area contributed by atoms with Crippen molar-refractivity contribution in [2.24, 2.45) is 0 Å². The summed E-state index contributed by atoms with van der Waals surface area (Å²) < 4.78 is 0. The molecule has 4 amide bonds. The van der Waals surface area contributed by atoms with Gasteiger partial charge in [-0.05, 0) is 56.7 Å². The minimum Gasteiger partial charge on any atom is -0.359 e. The van der Waals surface area contributed by atoms with Crippen molar-refractivity contribution >= 4 is 23.5 Å². The van der Waals surface area contributed by atoms with E-state index in [0.717, 1.165) is 29.1 Å². The molecule has 4 rings (SSSR count). The topological polar surface area (TPSA) is 81.8 Å². The summed E-state index contributed by atoms with van der Waals surface area (Å²) in [5.41, 5.74) is 4.79. The molecule has 2 heterocycles. The maximum Gasteiger partial charge on any atom is 0.344 e. The quantitative estimate of drug-likeness (QED) is 0.704. The number of fused-ring (bicyclic) bond motifs is 1. The molecule has 0 radical (unpaired) electrons. The highest BCUT2D eigenvalue weighted by Gasteiger charge is 2.48. The summed E-state index contributed by atoms with van der Waals surface area (Å²) >= 11 is 0. The fraction of sp³-hybridized carbons (Fsp3) is 0.375. The van der Waals surface area contributed by atoms with E-state index >= 15 is 0 Å². The molecule has 0 saturated carbocycles. The van der Waals surface area contributed by atoms with Crippen molar-refractivity contribution in [3.63, 3.8) is 0 Å². The molecule has 0 bridgehead atoms. The molecule has 2 aromatic rings. The Bertz CT molecular complexity index is 993. The molecule has 31 heavy (non-hydrogen) atoms. The second-order valence-electron chi connectivity index (χ2n) is 8.57. The van der Waals surface area contributed by atoms with Crippen LogP contribution >= 0.6 is 0 Å². The lowest BCUT2D eigenvalue weighted by Crippen LogP contribution is -2.52. The molecule has 2 N–H and O–H groups in total. The normalized spacial score (nSPS) is 22.8. The van der Waals surface area contributed by atoms with Gasteiger partial charge in [-0.3, -0.25) is 15.0 Å². The van der Waals surface area contributed by atoms with E-state index < -0.39 is 17.5 Å². The van der Waals surface area contributed by atoms with Crippen molar-refractivity contribution in [3.05, 3.63) is 65.7 Å². The molecular formula is C24H28N4O3. The van der Waals surface area contributed by atoms with Crippen LogP contribution in [0.15, 0.2) is 54.6 Å². The summed E-state index contributed by atoms with van der Waals surface area (Å²) in [7, 11) is 0. The van der Waals surface area contributed by atoms with Gasteiger partial charge in [0.15, 0.2) is 0 Å². The van der Waals surface area contributed by atoms with E-state index in [2.05, 4.69) is 23.7 Å². The summed E-state index contributed by atoms with van der Waals surface area (Å²) in [6, 6.07) is 17.4. The van der Waals surface area contributed by atoms with Gasteiger partial charge in [-0.1, -0.05) is 48.5 Å². The molecule has 7 nitrogen and oxygen atoms in total. The van der Waals surface area contributed by atoms with Crippen molar-refractivity contribution in [2.75, 3.05) is 11.4 Å². The third-order valence-corrected chi connectivity index (χ3v) is 6.23. The molecule has 7 heteroatoms. The predicted octanol–water partition coefficient (Wildman–Crippen LogP) is 2.80. The third-order valence-electron chi connectivity index (χ3n) is 6.23. The number of carbonyl (C=O) groups is 3. The van der Waals surface area contributed by atoms with Gasteiger partial charge in [-0.2, -0.15) is 5.01 Å². The molecule has 2 aliphatic heterocycles. The largest absolute Gasteiger partial charge is 0.359 e. The molecule has 0 unspecified atom stereocenters. The first kappa shape index (κ1) is 20.9. The maximum absolute atomic E-state index is 13.0. The number of para-hydroxylation sites is 1. The smallest absolute Gasteiger partial charge is 0.344 e. The summed E-state index contributed by atoms with van der Waals surface area (Å²) in [4.78, 5) is 40.2. The highest BCUT2D eigenvalue weighted by atomic mass is 16.2. The Balaban J connectivity index is 1.40. The lowest BCUT2D eigenvalue weighted by atomic mass is 9.93. The van der Waals surface area contributed by atoms with Gasteiger partial charge in [0.05, 0.1) is 6.54 Å². The van der Waals surface area contributed by atoms with Crippen LogP contribution in [0.1, 0.15) is 37.8 Å². The van der Waals surface area contributed by atoms with Gasteiger partial charge in [0.25, 0.3) is 11.8 Å². The highest BCUT2D eigenvalue weighted by Crippen LogP contribution is 2.30. The average Bonchev–Trinajstić information content (AvgIpc) is 2.98. The number of nitrogens with zero attached hydrogens (tertiary/aromatic N) is 2. The average molecular weight is 421 g/mol.